The molecule has 0 aromatic heterocycles. The van der Waals surface area contributed by atoms with Gasteiger partial charge in [-0.1, -0.05) is 68.8 Å². The molecule has 0 spiro atoms. The Morgan fingerprint density at radius 2 is 1.93 bits per heavy atom. The van der Waals surface area contributed by atoms with Crippen LogP contribution in [0.2, 0.25) is 0 Å². The third kappa shape index (κ3) is 4.40. The van der Waals surface area contributed by atoms with Crippen LogP contribution < -0.4 is 10.6 Å². The normalized spacial score (nSPS) is 25.2. The van der Waals surface area contributed by atoms with Crippen LogP contribution in [0.15, 0.2) is 58.3 Å². The summed E-state index contributed by atoms with van der Waals surface area (Å²) in [7, 11) is 0. The fourth-order valence-electron chi connectivity index (χ4n) is 4.04. The molecule has 1 heterocycles. The highest BCUT2D eigenvalue weighted by Crippen LogP contribution is 2.39. The third-order valence-electron chi connectivity index (χ3n) is 6.05. The van der Waals surface area contributed by atoms with Crippen molar-refractivity contribution < 1.29 is 9.59 Å². The van der Waals surface area contributed by atoms with E-state index < -0.39 is 0 Å². The highest BCUT2D eigenvalue weighted by molar-refractivity contribution is 8.04. The summed E-state index contributed by atoms with van der Waals surface area (Å²) in [5, 5.41) is 6.14. The molecule has 2 aromatic rings. The largest absolute Gasteiger partial charge is 0.349 e. The molecular weight excluding hydrogens is 380 g/mol. The molecule has 1 aliphatic heterocycles. The maximum absolute atomic E-state index is 12.8. The zero-order valence-electron chi connectivity index (χ0n) is 16.8. The molecule has 0 bridgehead atoms. The van der Waals surface area contributed by atoms with Gasteiger partial charge in [0, 0.05) is 16.5 Å². The molecule has 2 N–H and O–H groups in total. The van der Waals surface area contributed by atoms with Crippen LogP contribution in [-0.2, 0) is 4.79 Å². The highest BCUT2D eigenvalue weighted by atomic mass is 32.2. The molecule has 2 aliphatic rings. The first-order valence-electron chi connectivity index (χ1n) is 10.2. The van der Waals surface area contributed by atoms with E-state index in [9.17, 15) is 9.59 Å². The van der Waals surface area contributed by atoms with E-state index in [0.29, 0.717) is 28.0 Å². The molecule has 5 heteroatoms. The number of thioether (sulfide) groups is 1. The molecule has 4 nitrogen and oxygen atoms in total. The Morgan fingerprint density at radius 3 is 2.72 bits per heavy atom. The smallest absolute Gasteiger partial charge is 0.262 e. The summed E-state index contributed by atoms with van der Waals surface area (Å²) in [5.74, 6) is 0.900. The standard InChI is InChI=1S/C24H26N2O2S/c1-15-7-6-10-19(16(15)2)25-23(27)18-11-12-21-20(14-18)26-24(28)22(29-21)13-17-8-4-3-5-9-17/h3-5,8-9,11-16,19H,6-7,10H2,1-2H3,(H,25,27)(H,26,28)/b22-13-/t15-,16-,19+/m1/s1. The lowest BCUT2D eigenvalue weighted by molar-refractivity contribution is -0.112. The van der Waals surface area contributed by atoms with E-state index in [-0.39, 0.29) is 17.9 Å². The van der Waals surface area contributed by atoms with Gasteiger partial charge in [0.1, 0.15) is 0 Å². The van der Waals surface area contributed by atoms with Gasteiger partial charge >= 0.3 is 0 Å². The van der Waals surface area contributed by atoms with Crippen molar-refractivity contribution >= 4 is 35.3 Å². The number of fused-ring (bicyclic) bond motifs is 1. The second-order valence-corrected chi connectivity index (χ2v) is 9.12. The number of rotatable bonds is 3. The minimum absolute atomic E-state index is 0.0661. The molecule has 4 rings (SSSR count). The van der Waals surface area contributed by atoms with Crippen molar-refractivity contribution in [1.29, 1.82) is 0 Å². The lowest BCUT2D eigenvalue weighted by Gasteiger charge is -2.34. The van der Waals surface area contributed by atoms with Gasteiger partial charge in [-0.25, -0.2) is 0 Å². The van der Waals surface area contributed by atoms with E-state index in [1.807, 2.05) is 48.5 Å². The van der Waals surface area contributed by atoms with Gasteiger partial charge in [0.2, 0.25) is 0 Å². The Hall–Kier alpha value is -2.53. The summed E-state index contributed by atoms with van der Waals surface area (Å²) >= 11 is 1.43. The predicted octanol–water partition coefficient (Wildman–Crippen LogP) is 5.33. The second kappa shape index (κ2) is 8.46. The van der Waals surface area contributed by atoms with Crippen molar-refractivity contribution in [2.45, 2.75) is 44.0 Å². The minimum Gasteiger partial charge on any atom is -0.349 e. The van der Waals surface area contributed by atoms with Crippen LogP contribution in [0.5, 0.6) is 0 Å². The van der Waals surface area contributed by atoms with Gasteiger partial charge in [0.05, 0.1) is 10.6 Å². The monoisotopic (exact) mass is 406 g/mol. The van der Waals surface area contributed by atoms with Crippen LogP contribution in [0.4, 0.5) is 5.69 Å². The van der Waals surface area contributed by atoms with Crippen LogP contribution >= 0.6 is 11.8 Å². The van der Waals surface area contributed by atoms with Gasteiger partial charge < -0.3 is 10.6 Å². The fraction of sp³-hybridized carbons (Fsp3) is 0.333. The Kier molecular flexibility index (Phi) is 5.76. The minimum atomic E-state index is -0.140. The van der Waals surface area contributed by atoms with Gasteiger partial charge in [-0.2, -0.15) is 0 Å². The molecule has 0 saturated heterocycles. The summed E-state index contributed by atoms with van der Waals surface area (Å²) in [6, 6.07) is 15.5. The first-order chi connectivity index (χ1) is 14.0. The first-order valence-corrected chi connectivity index (χ1v) is 11.0. The molecule has 2 amide bonds. The Bertz CT molecular complexity index is 955. The molecule has 29 heavy (non-hydrogen) atoms. The van der Waals surface area contributed by atoms with Gasteiger partial charge in [-0.3, -0.25) is 9.59 Å². The summed E-state index contributed by atoms with van der Waals surface area (Å²) < 4.78 is 0. The number of nitrogens with one attached hydrogen (secondary N) is 2. The lowest BCUT2D eigenvalue weighted by Crippen LogP contribution is -2.43. The molecular formula is C24H26N2O2S. The molecule has 3 atom stereocenters. The van der Waals surface area contributed by atoms with Crippen molar-refractivity contribution in [3.8, 4) is 0 Å². The zero-order valence-corrected chi connectivity index (χ0v) is 17.6. The Morgan fingerprint density at radius 1 is 1.14 bits per heavy atom. The van der Waals surface area contributed by atoms with Crippen LogP contribution in [0.1, 0.15) is 49.0 Å². The van der Waals surface area contributed by atoms with Gasteiger partial charge in [-0.05, 0) is 48.1 Å². The molecule has 2 aromatic carbocycles. The topological polar surface area (TPSA) is 58.2 Å². The molecule has 0 unspecified atom stereocenters. The summed E-state index contributed by atoms with van der Waals surface area (Å²) in [6.07, 6.45) is 5.30. The zero-order chi connectivity index (χ0) is 20.4. The third-order valence-corrected chi connectivity index (χ3v) is 7.15. The number of carbonyl (C=O) groups excluding carboxylic acids is 2. The van der Waals surface area contributed by atoms with E-state index in [4.69, 9.17) is 0 Å². The van der Waals surface area contributed by atoms with Crippen molar-refractivity contribution in [3.63, 3.8) is 0 Å². The van der Waals surface area contributed by atoms with E-state index in [1.54, 1.807) is 6.07 Å². The molecule has 0 radical (unpaired) electrons. The van der Waals surface area contributed by atoms with E-state index in [1.165, 1.54) is 18.2 Å². The average molecular weight is 407 g/mol. The summed E-state index contributed by atoms with van der Waals surface area (Å²) in [4.78, 5) is 26.9. The van der Waals surface area contributed by atoms with Gasteiger partial charge in [-0.15, -0.1) is 0 Å². The second-order valence-electron chi connectivity index (χ2n) is 8.03. The predicted molar refractivity (Wildman–Crippen MR) is 119 cm³/mol. The van der Waals surface area contributed by atoms with Crippen LogP contribution in [0.25, 0.3) is 6.08 Å². The molecule has 1 fully saturated rings. The number of benzene rings is 2. The number of hydrogen-bond donors (Lipinski definition) is 2. The van der Waals surface area contributed by atoms with Gasteiger partial charge in [0.25, 0.3) is 11.8 Å². The van der Waals surface area contributed by atoms with Crippen molar-refractivity contribution in [2.24, 2.45) is 11.8 Å². The van der Waals surface area contributed by atoms with Crippen LogP contribution in [-0.4, -0.2) is 17.9 Å². The van der Waals surface area contributed by atoms with E-state index in [2.05, 4.69) is 24.5 Å². The number of anilines is 1. The van der Waals surface area contributed by atoms with E-state index >= 15 is 0 Å². The maximum atomic E-state index is 12.8. The average Bonchev–Trinajstić information content (AvgIpc) is 2.72. The molecule has 1 saturated carbocycles. The Labute approximate surface area is 176 Å². The van der Waals surface area contributed by atoms with Crippen molar-refractivity contribution in [1.82, 2.24) is 5.32 Å². The number of amides is 2. The fourth-order valence-corrected chi connectivity index (χ4v) is 4.97. The lowest BCUT2D eigenvalue weighted by atomic mass is 9.78. The quantitative estimate of drug-likeness (QED) is 0.678. The first kappa shape index (κ1) is 19.8. The maximum Gasteiger partial charge on any atom is 0.262 e. The number of hydrogen-bond acceptors (Lipinski definition) is 3. The van der Waals surface area contributed by atoms with Crippen molar-refractivity contribution in [3.05, 3.63) is 64.6 Å². The number of carbonyl (C=O) groups is 2. The van der Waals surface area contributed by atoms with Gasteiger partial charge in [0.15, 0.2) is 0 Å². The highest BCUT2D eigenvalue weighted by Gasteiger charge is 2.29. The summed E-state index contributed by atoms with van der Waals surface area (Å²) in [5.41, 5.74) is 2.27. The SMILES string of the molecule is C[C@@H]1[C@H](C)CCC[C@@H]1NC(=O)c1ccc2c(c1)NC(=O)/C(=C/c1ccccc1)S2. The van der Waals surface area contributed by atoms with E-state index in [0.717, 1.165) is 23.3 Å². The summed E-state index contributed by atoms with van der Waals surface area (Å²) in [6.45, 7) is 4.48. The van der Waals surface area contributed by atoms with Crippen LogP contribution in [0, 0.1) is 11.8 Å². The molecule has 150 valence electrons. The van der Waals surface area contributed by atoms with Crippen LogP contribution in [0.3, 0.4) is 0 Å². The molecule has 1 aliphatic carbocycles. The Balaban J connectivity index is 1.50. The van der Waals surface area contributed by atoms with Crippen molar-refractivity contribution in [2.75, 3.05) is 5.32 Å².